The van der Waals surface area contributed by atoms with Gasteiger partial charge < -0.3 is 9.15 Å². The first-order chi connectivity index (χ1) is 9.63. The van der Waals surface area contributed by atoms with Gasteiger partial charge in [-0.25, -0.2) is 8.42 Å². The number of alkyl halides is 1. The molecule has 2 atom stereocenters. The van der Waals surface area contributed by atoms with Crippen molar-refractivity contribution >= 4 is 21.6 Å². The van der Waals surface area contributed by atoms with Gasteiger partial charge in [0.05, 0.1) is 24.6 Å². The molecular formula is C13H18ClNO4S. The smallest absolute Gasteiger partial charge is 0.276 e. The van der Waals surface area contributed by atoms with Crippen LogP contribution in [0.3, 0.4) is 0 Å². The number of sulfonamides is 1. The monoisotopic (exact) mass is 319 g/mol. The molecule has 5 nitrogen and oxygen atoms in total. The summed E-state index contributed by atoms with van der Waals surface area (Å²) in [5.41, 5.74) is 0. The van der Waals surface area contributed by atoms with Gasteiger partial charge in [0.2, 0.25) is 5.09 Å². The van der Waals surface area contributed by atoms with Gasteiger partial charge in [0, 0.05) is 6.54 Å². The molecule has 0 N–H and O–H groups in total. The van der Waals surface area contributed by atoms with Crippen molar-refractivity contribution in [3.63, 3.8) is 0 Å². The Morgan fingerprint density at radius 1 is 1.30 bits per heavy atom. The van der Waals surface area contributed by atoms with E-state index in [1.54, 1.807) is 10.4 Å². The van der Waals surface area contributed by atoms with Crippen LogP contribution in [-0.2, 0) is 20.6 Å². The zero-order valence-corrected chi connectivity index (χ0v) is 12.7. The van der Waals surface area contributed by atoms with E-state index in [0.29, 0.717) is 18.9 Å². The number of halogens is 1. The summed E-state index contributed by atoms with van der Waals surface area (Å²) in [5, 5.41) is -0.0145. The Hall–Kier alpha value is -0.560. The third-order valence-electron chi connectivity index (χ3n) is 4.01. The van der Waals surface area contributed by atoms with Crippen LogP contribution in [0.25, 0.3) is 0 Å². The predicted octanol–water partition coefficient (Wildman–Crippen LogP) is 2.35. The second kappa shape index (κ2) is 5.67. The highest BCUT2D eigenvalue weighted by molar-refractivity contribution is 7.89. The Labute approximate surface area is 123 Å². The lowest BCUT2D eigenvalue weighted by Crippen LogP contribution is -2.54. The van der Waals surface area contributed by atoms with E-state index in [-0.39, 0.29) is 23.1 Å². The highest BCUT2D eigenvalue weighted by Gasteiger charge is 2.41. The fourth-order valence-corrected chi connectivity index (χ4v) is 4.78. The molecule has 1 aliphatic heterocycles. The van der Waals surface area contributed by atoms with Gasteiger partial charge in [-0.2, -0.15) is 4.31 Å². The molecular weight excluding hydrogens is 302 g/mol. The molecule has 1 saturated heterocycles. The fourth-order valence-electron chi connectivity index (χ4n) is 3.04. The summed E-state index contributed by atoms with van der Waals surface area (Å²) < 4.78 is 38.0. The highest BCUT2D eigenvalue weighted by Crippen LogP contribution is 2.32. The SMILES string of the molecule is O=S(=O)(c1ccc(CCl)o1)N1CCOC2CCCCC21. The summed E-state index contributed by atoms with van der Waals surface area (Å²) in [7, 11) is -3.59. The molecule has 0 spiro atoms. The topological polar surface area (TPSA) is 59.8 Å². The second-order valence-corrected chi connectivity index (χ2v) is 7.32. The maximum absolute atomic E-state index is 12.7. The summed E-state index contributed by atoms with van der Waals surface area (Å²) in [5.74, 6) is 0.642. The molecule has 1 aromatic rings. The number of furan rings is 1. The van der Waals surface area contributed by atoms with Gasteiger partial charge in [-0.05, 0) is 25.0 Å². The van der Waals surface area contributed by atoms with Crippen LogP contribution < -0.4 is 0 Å². The Morgan fingerprint density at radius 3 is 2.85 bits per heavy atom. The average molecular weight is 320 g/mol. The van der Waals surface area contributed by atoms with E-state index in [0.717, 1.165) is 25.7 Å². The van der Waals surface area contributed by atoms with Crippen molar-refractivity contribution < 1.29 is 17.6 Å². The number of fused-ring (bicyclic) bond motifs is 1. The lowest BCUT2D eigenvalue weighted by atomic mass is 9.91. The number of morpholine rings is 1. The van der Waals surface area contributed by atoms with Crippen molar-refractivity contribution in [3.8, 4) is 0 Å². The van der Waals surface area contributed by atoms with Crippen LogP contribution in [0, 0.1) is 0 Å². The molecule has 2 unspecified atom stereocenters. The quantitative estimate of drug-likeness (QED) is 0.802. The van der Waals surface area contributed by atoms with Crippen LogP contribution in [-0.4, -0.2) is 38.0 Å². The molecule has 20 heavy (non-hydrogen) atoms. The molecule has 2 fully saturated rings. The number of hydrogen-bond acceptors (Lipinski definition) is 4. The van der Waals surface area contributed by atoms with Gasteiger partial charge in [-0.3, -0.25) is 0 Å². The molecule has 0 amide bonds. The Kier molecular flexibility index (Phi) is 4.08. The Bertz CT molecular complexity index is 569. The van der Waals surface area contributed by atoms with Gasteiger partial charge in [0.15, 0.2) is 0 Å². The van der Waals surface area contributed by atoms with Crippen molar-refractivity contribution in [1.29, 1.82) is 0 Å². The van der Waals surface area contributed by atoms with Crippen molar-refractivity contribution in [1.82, 2.24) is 4.31 Å². The Balaban J connectivity index is 1.89. The van der Waals surface area contributed by atoms with Crippen LogP contribution in [0.15, 0.2) is 21.6 Å². The van der Waals surface area contributed by atoms with Gasteiger partial charge in [-0.1, -0.05) is 12.8 Å². The van der Waals surface area contributed by atoms with E-state index in [1.165, 1.54) is 6.07 Å². The van der Waals surface area contributed by atoms with Crippen LogP contribution >= 0.6 is 11.6 Å². The molecule has 7 heteroatoms. The first-order valence-electron chi connectivity index (χ1n) is 6.91. The summed E-state index contributed by atoms with van der Waals surface area (Å²) in [6, 6.07) is 3.03. The fraction of sp³-hybridized carbons (Fsp3) is 0.692. The standard InChI is InChI=1S/C13H18ClNO4S/c14-9-10-5-6-13(19-10)20(16,17)15-7-8-18-12-4-2-1-3-11(12)15/h5-6,11-12H,1-4,7-9H2. The summed E-state index contributed by atoms with van der Waals surface area (Å²) in [6.07, 6.45) is 3.96. The van der Waals surface area contributed by atoms with Gasteiger partial charge in [0.1, 0.15) is 5.76 Å². The van der Waals surface area contributed by atoms with E-state index < -0.39 is 10.0 Å². The molecule has 1 saturated carbocycles. The number of hydrogen-bond donors (Lipinski definition) is 0. The maximum Gasteiger partial charge on any atom is 0.276 e. The molecule has 2 heterocycles. The first-order valence-corrected chi connectivity index (χ1v) is 8.88. The van der Waals surface area contributed by atoms with E-state index in [4.69, 9.17) is 20.8 Å². The predicted molar refractivity (Wildman–Crippen MR) is 74.2 cm³/mol. The molecule has 2 aliphatic rings. The van der Waals surface area contributed by atoms with E-state index >= 15 is 0 Å². The minimum atomic E-state index is -3.59. The van der Waals surface area contributed by atoms with Gasteiger partial charge >= 0.3 is 0 Å². The summed E-state index contributed by atoms with van der Waals surface area (Å²) >= 11 is 5.66. The van der Waals surface area contributed by atoms with Crippen molar-refractivity contribution in [2.24, 2.45) is 0 Å². The molecule has 0 bridgehead atoms. The maximum atomic E-state index is 12.7. The van der Waals surface area contributed by atoms with E-state index in [1.807, 2.05) is 0 Å². The Morgan fingerprint density at radius 2 is 2.10 bits per heavy atom. The van der Waals surface area contributed by atoms with E-state index in [2.05, 4.69) is 0 Å². The second-order valence-electron chi connectivity index (χ2n) is 5.23. The van der Waals surface area contributed by atoms with Crippen molar-refractivity contribution in [2.75, 3.05) is 13.2 Å². The van der Waals surface area contributed by atoms with Crippen molar-refractivity contribution in [2.45, 2.75) is 48.8 Å². The van der Waals surface area contributed by atoms with Crippen LogP contribution in [0.1, 0.15) is 31.4 Å². The minimum absolute atomic E-state index is 0.0145. The van der Waals surface area contributed by atoms with E-state index in [9.17, 15) is 8.42 Å². The van der Waals surface area contributed by atoms with Crippen LogP contribution in [0.5, 0.6) is 0 Å². The number of rotatable bonds is 3. The third-order valence-corrected chi connectivity index (χ3v) is 6.07. The van der Waals surface area contributed by atoms with Crippen molar-refractivity contribution in [3.05, 3.63) is 17.9 Å². The van der Waals surface area contributed by atoms with Crippen LogP contribution in [0.2, 0.25) is 0 Å². The number of ether oxygens (including phenoxy) is 1. The lowest BCUT2D eigenvalue weighted by molar-refractivity contribution is -0.0589. The molecule has 1 aliphatic carbocycles. The minimum Gasteiger partial charge on any atom is -0.447 e. The van der Waals surface area contributed by atoms with Crippen LogP contribution in [0.4, 0.5) is 0 Å². The molecule has 112 valence electrons. The summed E-state index contributed by atoms with van der Waals surface area (Å²) in [4.78, 5) is 0. The highest BCUT2D eigenvalue weighted by atomic mass is 35.5. The zero-order chi connectivity index (χ0) is 14.2. The molecule has 1 aromatic heterocycles. The normalized spacial score (nSPS) is 28.2. The largest absolute Gasteiger partial charge is 0.447 e. The summed E-state index contributed by atoms with van der Waals surface area (Å²) in [6.45, 7) is 0.837. The number of nitrogens with zero attached hydrogens (tertiary/aromatic N) is 1. The zero-order valence-electron chi connectivity index (χ0n) is 11.1. The third kappa shape index (κ3) is 2.50. The lowest BCUT2D eigenvalue weighted by Gasteiger charge is -2.42. The average Bonchev–Trinajstić information content (AvgIpc) is 2.96. The molecule has 3 rings (SSSR count). The van der Waals surface area contributed by atoms with Gasteiger partial charge in [-0.15, -0.1) is 11.6 Å². The molecule has 0 aromatic carbocycles. The first kappa shape index (κ1) is 14.4. The molecule has 0 radical (unpaired) electrons. The van der Waals surface area contributed by atoms with Gasteiger partial charge in [0.25, 0.3) is 10.0 Å².